The summed E-state index contributed by atoms with van der Waals surface area (Å²) in [6.07, 6.45) is 2.84. The average Bonchev–Trinajstić information content (AvgIpc) is 2.47. The Bertz CT molecular complexity index is 650. The van der Waals surface area contributed by atoms with E-state index >= 15 is 0 Å². The van der Waals surface area contributed by atoms with Crippen LogP contribution < -0.4 is 0 Å². The fourth-order valence-electron chi connectivity index (χ4n) is 2.50. The normalized spacial score (nSPS) is 19.0. The Kier molecular flexibility index (Phi) is 5.34. The Labute approximate surface area is 139 Å². The van der Waals surface area contributed by atoms with E-state index in [1.165, 1.54) is 0 Å². The largest absolute Gasteiger partial charge is 0.444 e. The van der Waals surface area contributed by atoms with Gasteiger partial charge in [-0.3, -0.25) is 0 Å². The fraction of sp³-hybridized carbons (Fsp3) is 0.588. The minimum absolute atomic E-state index is 0.0198. The SMILES string of the molecule is CC(C)(C)OC(=O)N1CCC(N=[S@](C)(=O)c2ccccc2)CC1. The smallest absolute Gasteiger partial charge is 0.410 e. The molecular weight excluding hydrogens is 312 g/mol. The topological polar surface area (TPSA) is 59.0 Å². The molecule has 1 saturated heterocycles. The van der Waals surface area contributed by atoms with Crippen LogP contribution in [0.1, 0.15) is 33.6 Å². The molecule has 0 spiro atoms. The van der Waals surface area contributed by atoms with Gasteiger partial charge in [-0.15, -0.1) is 0 Å². The van der Waals surface area contributed by atoms with Gasteiger partial charge in [-0.05, 0) is 45.7 Å². The number of ether oxygens (including phenoxy) is 1. The molecule has 5 nitrogen and oxygen atoms in total. The standard InChI is InChI=1S/C17H26N2O3S/c1-17(2,3)22-16(20)19-12-10-14(11-13-19)18-23(4,21)15-8-6-5-7-9-15/h5-9,14H,10-13H2,1-4H3/t23-/m1/s1. The molecule has 23 heavy (non-hydrogen) atoms. The molecule has 0 aromatic heterocycles. The van der Waals surface area contributed by atoms with E-state index in [1.807, 2.05) is 51.1 Å². The van der Waals surface area contributed by atoms with Crippen molar-refractivity contribution in [2.24, 2.45) is 4.36 Å². The molecule has 2 rings (SSSR count). The van der Waals surface area contributed by atoms with Gasteiger partial charge in [0, 0.05) is 24.2 Å². The number of likely N-dealkylation sites (tertiary alicyclic amines) is 1. The Hall–Kier alpha value is -1.56. The number of carbonyl (C=O) groups is 1. The van der Waals surface area contributed by atoms with Gasteiger partial charge in [0.15, 0.2) is 0 Å². The molecule has 1 aliphatic heterocycles. The van der Waals surface area contributed by atoms with E-state index < -0.39 is 15.3 Å². The van der Waals surface area contributed by atoms with E-state index in [-0.39, 0.29) is 12.1 Å². The molecule has 1 aromatic rings. The summed E-state index contributed by atoms with van der Waals surface area (Å²) in [5.74, 6) is 0. The van der Waals surface area contributed by atoms with Gasteiger partial charge in [-0.1, -0.05) is 18.2 Å². The summed E-state index contributed by atoms with van der Waals surface area (Å²) >= 11 is 0. The monoisotopic (exact) mass is 338 g/mol. The molecule has 1 atom stereocenters. The molecule has 1 amide bonds. The third-order valence-electron chi connectivity index (χ3n) is 3.65. The first kappa shape index (κ1) is 17.8. The number of carbonyl (C=O) groups excluding carboxylic acids is 1. The zero-order valence-corrected chi connectivity index (χ0v) is 15.1. The van der Waals surface area contributed by atoms with Crippen LogP contribution in [0.4, 0.5) is 4.79 Å². The highest BCUT2D eigenvalue weighted by Crippen LogP contribution is 2.20. The molecule has 0 saturated carbocycles. The summed E-state index contributed by atoms with van der Waals surface area (Å²) in [5, 5.41) is 0. The average molecular weight is 338 g/mol. The van der Waals surface area contributed by atoms with Crippen molar-refractivity contribution in [3.63, 3.8) is 0 Å². The lowest BCUT2D eigenvalue weighted by molar-refractivity contribution is 0.0207. The van der Waals surface area contributed by atoms with Crippen molar-refractivity contribution in [1.29, 1.82) is 0 Å². The van der Waals surface area contributed by atoms with Gasteiger partial charge >= 0.3 is 6.09 Å². The van der Waals surface area contributed by atoms with Crippen LogP contribution in [-0.2, 0) is 14.5 Å². The van der Waals surface area contributed by atoms with E-state index in [9.17, 15) is 9.00 Å². The minimum atomic E-state index is -2.39. The first-order valence-corrected chi connectivity index (χ1v) is 9.84. The van der Waals surface area contributed by atoms with Crippen LogP contribution in [0.3, 0.4) is 0 Å². The highest BCUT2D eigenvalue weighted by atomic mass is 32.2. The Morgan fingerprint density at radius 1 is 1.22 bits per heavy atom. The highest BCUT2D eigenvalue weighted by molar-refractivity contribution is 7.93. The van der Waals surface area contributed by atoms with E-state index in [1.54, 1.807) is 11.2 Å². The molecule has 6 heteroatoms. The van der Waals surface area contributed by atoms with Gasteiger partial charge < -0.3 is 9.64 Å². The van der Waals surface area contributed by atoms with Crippen LogP contribution >= 0.6 is 0 Å². The molecule has 0 bridgehead atoms. The summed E-state index contributed by atoms with van der Waals surface area (Å²) in [6.45, 7) is 6.76. The fourth-order valence-corrected chi connectivity index (χ4v) is 4.06. The third kappa shape index (κ3) is 5.23. The minimum Gasteiger partial charge on any atom is -0.444 e. The number of benzene rings is 1. The number of hydrogen-bond donors (Lipinski definition) is 0. The third-order valence-corrected chi connectivity index (χ3v) is 5.49. The van der Waals surface area contributed by atoms with Crippen LogP contribution in [0.2, 0.25) is 0 Å². The van der Waals surface area contributed by atoms with Crippen molar-refractivity contribution >= 4 is 15.8 Å². The van der Waals surface area contributed by atoms with E-state index in [2.05, 4.69) is 4.36 Å². The van der Waals surface area contributed by atoms with Gasteiger partial charge in [0.25, 0.3) is 0 Å². The van der Waals surface area contributed by atoms with Crippen molar-refractivity contribution < 1.29 is 13.7 Å². The highest BCUT2D eigenvalue weighted by Gasteiger charge is 2.27. The van der Waals surface area contributed by atoms with Crippen LogP contribution in [0, 0.1) is 0 Å². The molecular formula is C17H26N2O3S. The first-order chi connectivity index (χ1) is 10.7. The Morgan fingerprint density at radius 2 is 1.78 bits per heavy atom. The Balaban J connectivity index is 1.98. The van der Waals surface area contributed by atoms with Crippen LogP contribution in [-0.4, -0.2) is 46.2 Å². The summed E-state index contributed by atoms with van der Waals surface area (Å²) in [4.78, 5) is 14.5. The van der Waals surface area contributed by atoms with Gasteiger partial charge in [0.1, 0.15) is 5.60 Å². The van der Waals surface area contributed by atoms with Gasteiger partial charge in [0.05, 0.1) is 15.8 Å². The summed E-state index contributed by atoms with van der Waals surface area (Å²) in [7, 11) is -2.39. The predicted molar refractivity (Wildman–Crippen MR) is 92.0 cm³/mol. The quantitative estimate of drug-likeness (QED) is 0.828. The number of amides is 1. The van der Waals surface area contributed by atoms with Crippen molar-refractivity contribution in [2.45, 2.75) is 50.2 Å². The van der Waals surface area contributed by atoms with Crippen molar-refractivity contribution in [2.75, 3.05) is 19.3 Å². The Morgan fingerprint density at radius 3 is 2.30 bits per heavy atom. The molecule has 1 aromatic carbocycles. The van der Waals surface area contributed by atoms with Crippen LogP contribution in [0.25, 0.3) is 0 Å². The maximum absolute atomic E-state index is 12.8. The second kappa shape index (κ2) is 6.91. The number of nitrogens with zero attached hydrogens (tertiary/aromatic N) is 2. The van der Waals surface area contributed by atoms with E-state index in [0.29, 0.717) is 13.1 Å². The summed E-state index contributed by atoms with van der Waals surface area (Å²) < 4.78 is 22.7. The second-order valence-corrected chi connectivity index (χ2v) is 9.21. The van der Waals surface area contributed by atoms with E-state index in [4.69, 9.17) is 4.74 Å². The van der Waals surface area contributed by atoms with Crippen molar-refractivity contribution in [3.8, 4) is 0 Å². The van der Waals surface area contributed by atoms with Crippen molar-refractivity contribution in [1.82, 2.24) is 4.90 Å². The molecule has 1 heterocycles. The predicted octanol–water partition coefficient (Wildman–Crippen LogP) is 3.54. The zero-order valence-electron chi connectivity index (χ0n) is 14.3. The molecule has 0 aliphatic carbocycles. The van der Waals surface area contributed by atoms with Gasteiger partial charge in [-0.2, -0.15) is 0 Å². The summed E-state index contributed by atoms with van der Waals surface area (Å²) in [5.41, 5.74) is -0.483. The van der Waals surface area contributed by atoms with E-state index in [0.717, 1.165) is 17.7 Å². The molecule has 128 valence electrons. The maximum Gasteiger partial charge on any atom is 0.410 e. The first-order valence-electron chi connectivity index (χ1n) is 7.92. The van der Waals surface area contributed by atoms with Gasteiger partial charge in [-0.25, -0.2) is 13.4 Å². The molecule has 1 fully saturated rings. The summed E-state index contributed by atoms with van der Waals surface area (Å²) in [6, 6.07) is 9.37. The van der Waals surface area contributed by atoms with Crippen LogP contribution in [0.5, 0.6) is 0 Å². The van der Waals surface area contributed by atoms with Crippen molar-refractivity contribution in [3.05, 3.63) is 30.3 Å². The number of rotatable bonds is 2. The second-order valence-electron chi connectivity index (χ2n) is 6.92. The molecule has 0 radical (unpaired) electrons. The van der Waals surface area contributed by atoms with Crippen LogP contribution in [0.15, 0.2) is 39.6 Å². The molecule has 0 unspecified atom stereocenters. The number of piperidine rings is 1. The lowest BCUT2D eigenvalue weighted by Crippen LogP contribution is -2.42. The lowest BCUT2D eigenvalue weighted by Gasteiger charge is -2.32. The lowest BCUT2D eigenvalue weighted by atomic mass is 10.1. The molecule has 1 aliphatic rings. The zero-order chi connectivity index (χ0) is 17.1. The van der Waals surface area contributed by atoms with Gasteiger partial charge in [0.2, 0.25) is 0 Å². The number of hydrogen-bond acceptors (Lipinski definition) is 4. The molecule has 0 N–H and O–H groups in total. The maximum atomic E-state index is 12.8.